The highest BCUT2D eigenvalue weighted by Gasteiger charge is 2.28. The first-order valence-electron chi connectivity index (χ1n) is 5.90. The Morgan fingerprint density at radius 1 is 1.29 bits per heavy atom. The molecule has 0 aromatic heterocycles. The van der Waals surface area contributed by atoms with Crippen LogP contribution in [0.3, 0.4) is 0 Å². The fraction of sp³-hybridized carbons (Fsp3) is 1.00. The first-order valence-corrected chi connectivity index (χ1v) is 5.90. The van der Waals surface area contributed by atoms with E-state index in [1.807, 2.05) is 6.92 Å². The quantitative estimate of drug-likeness (QED) is 0.701. The molecule has 2 saturated heterocycles. The molecule has 2 aliphatic rings. The first kappa shape index (κ1) is 10.4. The van der Waals surface area contributed by atoms with Crippen molar-refractivity contribution in [1.29, 1.82) is 0 Å². The van der Waals surface area contributed by atoms with Crippen molar-refractivity contribution < 1.29 is 5.11 Å². The van der Waals surface area contributed by atoms with E-state index in [1.165, 1.54) is 38.9 Å². The van der Waals surface area contributed by atoms with E-state index < -0.39 is 0 Å². The molecular weight excluding hydrogens is 176 g/mol. The lowest BCUT2D eigenvalue weighted by molar-refractivity contribution is 0.120. The number of fused-ring (bicyclic) bond motifs is 1. The Labute approximate surface area is 86.7 Å². The maximum Gasteiger partial charge on any atom is 0.0639 e. The van der Waals surface area contributed by atoms with Gasteiger partial charge in [0, 0.05) is 19.1 Å². The summed E-state index contributed by atoms with van der Waals surface area (Å²) >= 11 is 0. The number of rotatable bonds is 2. The minimum absolute atomic E-state index is 0.178. The summed E-state index contributed by atoms with van der Waals surface area (Å²) in [4.78, 5) is 5.06. The molecule has 0 amide bonds. The average molecular weight is 198 g/mol. The molecule has 0 aliphatic carbocycles. The van der Waals surface area contributed by atoms with E-state index >= 15 is 0 Å². The van der Waals surface area contributed by atoms with Gasteiger partial charge < -0.3 is 5.11 Å². The van der Waals surface area contributed by atoms with Gasteiger partial charge in [0.25, 0.3) is 0 Å². The van der Waals surface area contributed by atoms with Crippen LogP contribution >= 0.6 is 0 Å². The molecule has 82 valence electrons. The SMILES string of the molecule is C[C@H](O)CN1CCCN2CCCC2C1. The van der Waals surface area contributed by atoms with E-state index in [4.69, 9.17) is 0 Å². The van der Waals surface area contributed by atoms with Gasteiger partial charge in [-0.3, -0.25) is 9.80 Å². The number of β-amino-alcohol motifs (C(OH)–C–C–N with tert-alkyl or cyclic N) is 1. The summed E-state index contributed by atoms with van der Waals surface area (Å²) in [5.41, 5.74) is 0. The smallest absolute Gasteiger partial charge is 0.0639 e. The van der Waals surface area contributed by atoms with Crippen LogP contribution in [0, 0.1) is 0 Å². The summed E-state index contributed by atoms with van der Waals surface area (Å²) in [5.74, 6) is 0. The van der Waals surface area contributed by atoms with Gasteiger partial charge in [0.05, 0.1) is 6.10 Å². The van der Waals surface area contributed by atoms with Crippen molar-refractivity contribution in [1.82, 2.24) is 9.80 Å². The second-order valence-electron chi connectivity index (χ2n) is 4.79. The van der Waals surface area contributed by atoms with Crippen LogP contribution in [0.25, 0.3) is 0 Å². The van der Waals surface area contributed by atoms with Gasteiger partial charge in [-0.2, -0.15) is 0 Å². The van der Waals surface area contributed by atoms with Crippen LogP contribution < -0.4 is 0 Å². The molecule has 3 nitrogen and oxygen atoms in total. The number of hydrogen-bond donors (Lipinski definition) is 1. The molecule has 0 aromatic rings. The fourth-order valence-corrected chi connectivity index (χ4v) is 2.82. The molecule has 2 atom stereocenters. The van der Waals surface area contributed by atoms with Gasteiger partial charge >= 0.3 is 0 Å². The van der Waals surface area contributed by atoms with Crippen LogP contribution in [0.1, 0.15) is 26.2 Å². The molecule has 14 heavy (non-hydrogen) atoms. The van der Waals surface area contributed by atoms with Gasteiger partial charge in [-0.05, 0) is 45.8 Å². The zero-order chi connectivity index (χ0) is 9.97. The van der Waals surface area contributed by atoms with Crippen LogP contribution in [0.4, 0.5) is 0 Å². The minimum Gasteiger partial charge on any atom is -0.392 e. The maximum atomic E-state index is 9.38. The van der Waals surface area contributed by atoms with Gasteiger partial charge in [-0.1, -0.05) is 0 Å². The molecule has 2 aliphatic heterocycles. The normalized spacial score (nSPS) is 32.6. The third-order valence-corrected chi connectivity index (χ3v) is 3.41. The van der Waals surface area contributed by atoms with Crippen molar-refractivity contribution in [3.8, 4) is 0 Å². The maximum absolute atomic E-state index is 9.38. The van der Waals surface area contributed by atoms with Gasteiger partial charge in [0.2, 0.25) is 0 Å². The Hall–Kier alpha value is -0.120. The summed E-state index contributed by atoms with van der Waals surface area (Å²) in [6.07, 6.45) is 3.81. The van der Waals surface area contributed by atoms with Crippen molar-refractivity contribution >= 4 is 0 Å². The van der Waals surface area contributed by atoms with Crippen LogP contribution in [-0.4, -0.2) is 59.8 Å². The van der Waals surface area contributed by atoms with E-state index in [1.54, 1.807) is 0 Å². The Morgan fingerprint density at radius 3 is 2.86 bits per heavy atom. The number of aliphatic hydroxyl groups is 1. The topological polar surface area (TPSA) is 26.7 Å². The van der Waals surface area contributed by atoms with E-state index in [2.05, 4.69) is 9.80 Å². The third kappa shape index (κ3) is 2.47. The largest absolute Gasteiger partial charge is 0.392 e. The predicted octanol–water partition coefficient (Wildman–Crippen LogP) is 0.537. The van der Waals surface area contributed by atoms with Crippen LogP contribution in [-0.2, 0) is 0 Å². The monoisotopic (exact) mass is 198 g/mol. The van der Waals surface area contributed by atoms with E-state index in [0.717, 1.165) is 19.1 Å². The van der Waals surface area contributed by atoms with E-state index in [0.29, 0.717) is 0 Å². The van der Waals surface area contributed by atoms with Crippen molar-refractivity contribution in [2.45, 2.75) is 38.3 Å². The fourth-order valence-electron chi connectivity index (χ4n) is 2.82. The Kier molecular flexibility index (Phi) is 3.42. The van der Waals surface area contributed by atoms with Crippen molar-refractivity contribution in [2.24, 2.45) is 0 Å². The summed E-state index contributed by atoms with van der Waals surface area (Å²) < 4.78 is 0. The van der Waals surface area contributed by atoms with Gasteiger partial charge in [0.15, 0.2) is 0 Å². The minimum atomic E-state index is -0.178. The second-order valence-corrected chi connectivity index (χ2v) is 4.79. The first-order chi connectivity index (χ1) is 6.75. The molecule has 0 bridgehead atoms. The summed E-state index contributed by atoms with van der Waals surface area (Å²) in [6, 6.07) is 0.774. The lowest BCUT2D eigenvalue weighted by Crippen LogP contribution is -2.39. The van der Waals surface area contributed by atoms with E-state index in [-0.39, 0.29) is 6.10 Å². The van der Waals surface area contributed by atoms with Crippen LogP contribution in [0.5, 0.6) is 0 Å². The predicted molar refractivity (Wildman–Crippen MR) is 57.3 cm³/mol. The van der Waals surface area contributed by atoms with Gasteiger partial charge in [0.1, 0.15) is 0 Å². The number of nitrogens with zero attached hydrogens (tertiary/aromatic N) is 2. The Bertz CT molecular complexity index is 184. The lowest BCUT2D eigenvalue weighted by Gasteiger charge is -2.26. The van der Waals surface area contributed by atoms with Crippen LogP contribution in [0.15, 0.2) is 0 Å². The highest BCUT2D eigenvalue weighted by Crippen LogP contribution is 2.21. The molecule has 3 heteroatoms. The highest BCUT2D eigenvalue weighted by molar-refractivity contribution is 4.85. The second kappa shape index (κ2) is 4.60. The molecule has 0 saturated carbocycles. The summed E-state index contributed by atoms with van der Waals surface area (Å²) in [5, 5.41) is 9.38. The molecule has 0 aromatic carbocycles. The Morgan fingerprint density at radius 2 is 2.07 bits per heavy atom. The van der Waals surface area contributed by atoms with E-state index in [9.17, 15) is 5.11 Å². The molecule has 1 N–H and O–H groups in total. The third-order valence-electron chi connectivity index (χ3n) is 3.41. The van der Waals surface area contributed by atoms with Crippen molar-refractivity contribution in [3.05, 3.63) is 0 Å². The molecule has 2 rings (SSSR count). The summed E-state index contributed by atoms with van der Waals surface area (Å²) in [7, 11) is 0. The highest BCUT2D eigenvalue weighted by atomic mass is 16.3. The van der Waals surface area contributed by atoms with Gasteiger partial charge in [-0.15, -0.1) is 0 Å². The average Bonchev–Trinajstić information content (AvgIpc) is 2.44. The molecule has 0 radical (unpaired) electrons. The number of hydrogen-bond acceptors (Lipinski definition) is 3. The number of aliphatic hydroxyl groups excluding tert-OH is 1. The zero-order valence-electron chi connectivity index (χ0n) is 9.15. The molecule has 0 spiro atoms. The lowest BCUT2D eigenvalue weighted by atomic mass is 10.2. The molecular formula is C11H22N2O. The molecule has 2 heterocycles. The van der Waals surface area contributed by atoms with Crippen LogP contribution in [0.2, 0.25) is 0 Å². The Balaban J connectivity index is 1.88. The van der Waals surface area contributed by atoms with Crippen molar-refractivity contribution in [3.63, 3.8) is 0 Å². The molecule has 1 unspecified atom stereocenters. The summed E-state index contributed by atoms with van der Waals surface area (Å²) in [6.45, 7) is 7.64. The van der Waals surface area contributed by atoms with Gasteiger partial charge in [-0.25, -0.2) is 0 Å². The standard InChI is InChI=1S/C11H22N2O/c1-10(14)8-12-5-3-7-13-6-2-4-11(13)9-12/h10-11,14H,2-9H2,1H3/t10-,11?/m0/s1. The zero-order valence-corrected chi connectivity index (χ0v) is 9.15. The molecule has 2 fully saturated rings. The van der Waals surface area contributed by atoms with Crippen molar-refractivity contribution in [2.75, 3.05) is 32.7 Å².